The van der Waals surface area contributed by atoms with E-state index in [9.17, 15) is 4.79 Å². The van der Waals surface area contributed by atoms with Crippen molar-refractivity contribution in [3.63, 3.8) is 0 Å². The third-order valence-electron chi connectivity index (χ3n) is 4.35. The van der Waals surface area contributed by atoms with Crippen molar-refractivity contribution in [2.75, 3.05) is 6.54 Å². The third kappa shape index (κ3) is 3.89. The highest BCUT2D eigenvalue weighted by atomic mass is 16.6. The maximum atomic E-state index is 12.7. The topological polar surface area (TPSA) is 29.5 Å². The Balaban J connectivity index is 2.30. The first-order valence-corrected chi connectivity index (χ1v) is 8.53. The summed E-state index contributed by atoms with van der Waals surface area (Å²) in [6.07, 6.45) is -0.272. The molecule has 1 aliphatic rings. The zero-order chi connectivity index (χ0) is 18.1. The predicted octanol–water partition coefficient (Wildman–Crippen LogP) is 5.15. The van der Waals surface area contributed by atoms with Crippen molar-refractivity contribution in [1.29, 1.82) is 0 Å². The number of hydrogen-bond acceptors (Lipinski definition) is 2. The van der Waals surface area contributed by atoms with Crippen LogP contribution in [0.2, 0.25) is 0 Å². The average molecular weight is 327 g/mol. The second kappa shape index (κ2) is 6.84. The first-order valence-electron chi connectivity index (χ1n) is 8.53. The highest BCUT2D eigenvalue weighted by Gasteiger charge is 2.44. The zero-order valence-corrected chi connectivity index (χ0v) is 15.5. The van der Waals surface area contributed by atoms with Crippen LogP contribution in [-0.2, 0) is 4.74 Å². The summed E-state index contributed by atoms with van der Waals surface area (Å²) >= 11 is 0. The second-order valence-corrected chi connectivity index (χ2v) is 7.87. The molecule has 0 spiro atoms. The molecule has 2 rings (SSSR count). The Hall–Kier alpha value is -2.03. The first-order chi connectivity index (χ1) is 11.1. The molecule has 1 fully saturated rings. The third-order valence-corrected chi connectivity index (χ3v) is 4.35. The minimum atomic E-state index is -0.505. The molecule has 0 aliphatic carbocycles. The summed E-state index contributed by atoms with van der Waals surface area (Å²) < 4.78 is 5.60. The van der Waals surface area contributed by atoms with E-state index < -0.39 is 5.60 Å². The Morgan fingerprint density at radius 3 is 2.33 bits per heavy atom. The van der Waals surface area contributed by atoms with Crippen molar-refractivity contribution in [2.24, 2.45) is 11.8 Å². The Morgan fingerprint density at radius 1 is 1.25 bits per heavy atom. The first kappa shape index (κ1) is 18.3. The second-order valence-electron chi connectivity index (χ2n) is 7.87. The molecule has 0 N–H and O–H groups in total. The molecule has 0 aromatic heterocycles. The van der Waals surface area contributed by atoms with Gasteiger partial charge in [-0.2, -0.15) is 0 Å². The van der Waals surface area contributed by atoms with E-state index in [0.29, 0.717) is 6.54 Å². The van der Waals surface area contributed by atoms with E-state index >= 15 is 0 Å². The van der Waals surface area contributed by atoms with E-state index in [4.69, 9.17) is 4.74 Å². The van der Waals surface area contributed by atoms with Gasteiger partial charge in [-0.3, -0.25) is 0 Å². The van der Waals surface area contributed by atoms with E-state index in [2.05, 4.69) is 39.1 Å². The molecule has 24 heavy (non-hydrogen) atoms. The van der Waals surface area contributed by atoms with Crippen LogP contribution in [0.1, 0.15) is 40.2 Å². The van der Waals surface area contributed by atoms with E-state index in [1.807, 2.05) is 43.9 Å². The van der Waals surface area contributed by atoms with Crippen LogP contribution in [0.15, 0.2) is 49.1 Å². The average Bonchev–Trinajstić information content (AvgIpc) is 2.83. The lowest BCUT2D eigenvalue weighted by molar-refractivity contribution is 0.0178. The summed E-state index contributed by atoms with van der Waals surface area (Å²) in [4.78, 5) is 14.5. The fraction of sp³-hybridized carbons (Fsp3) is 0.476. The fourth-order valence-electron chi connectivity index (χ4n) is 3.38. The van der Waals surface area contributed by atoms with Gasteiger partial charge in [-0.05, 0) is 43.4 Å². The molecule has 3 heteroatoms. The van der Waals surface area contributed by atoms with E-state index in [1.54, 1.807) is 0 Å². The number of ether oxygens (including phenoxy) is 1. The van der Waals surface area contributed by atoms with Crippen LogP contribution >= 0.6 is 0 Å². The largest absolute Gasteiger partial charge is 0.444 e. The van der Waals surface area contributed by atoms with Gasteiger partial charge in [-0.15, -0.1) is 0 Å². The van der Waals surface area contributed by atoms with Crippen molar-refractivity contribution in [1.82, 2.24) is 4.90 Å². The lowest BCUT2D eigenvalue weighted by atomic mass is 9.81. The van der Waals surface area contributed by atoms with Gasteiger partial charge in [0.25, 0.3) is 0 Å². The van der Waals surface area contributed by atoms with Gasteiger partial charge in [-0.25, -0.2) is 4.79 Å². The molecule has 1 heterocycles. The number of nitrogens with zero attached hydrogens (tertiary/aromatic N) is 1. The van der Waals surface area contributed by atoms with E-state index in [0.717, 1.165) is 16.7 Å². The van der Waals surface area contributed by atoms with Crippen molar-refractivity contribution >= 4 is 11.7 Å². The number of likely N-dealkylation sites (tertiary alicyclic amines) is 1. The van der Waals surface area contributed by atoms with Gasteiger partial charge in [0.15, 0.2) is 0 Å². The molecular formula is C21H29NO2. The van der Waals surface area contributed by atoms with Gasteiger partial charge in [0, 0.05) is 18.5 Å². The van der Waals surface area contributed by atoms with Gasteiger partial charge >= 0.3 is 6.09 Å². The number of carbonyl (C=O) groups excluding carboxylic acids is 1. The Bertz CT molecular complexity index is 625. The summed E-state index contributed by atoms with van der Waals surface area (Å²) in [7, 11) is 0. The Kier molecular flexibility index (Phi) is 5.22. The van der Waals surface area contributed by atoms with Gasteiger partial charge in [-0.1, -0.05) is 57.3 Å². The highest BCUT2D eigenvalue weighted by Crippen LogP contribution is 2.41. The van der Waals surface area contributed by atoms with Crippen LogP contribution in [0.25, 0.3) is 5.57 Å². The van der Waals surface area contributed by atoms with Gasteiger partial charge < -0.3 is 9.64 Å². The van der Waals surface area contributed by atoms with E-state index in [1.165, 1.54) is 0 Å². The monoisotopic (exact) mass is 327 g/mol. The number of amides is 1. The quantitative estimate of drug-likeness (QED) is 0.719. The molecule has 1 aliphatic heterocycles. The van der Waals surface area contributed by atoms with Crippen LogP contribution in [-0.4, -0.2) is 29.2 Å². The lowest BCUT2D eigenvalue weighted by Gasteiger charge is -2.33. The van der Waals surface area contributed by atoms with Crippen LogP contribution in [0.3, 0.4) is 0 Å². The van der Waals surface area contributed by atoms with Crippen molar-refractivity contribution < 1.29 is 9.53 Å². The standard InChI is InChI=1S/C21H29NO2/c1-14(2)19-18(16(4)17-11-9-8-10-12-17)15(3)13-22(19)20(23)24-21(5,6)7/h8-12,14,18-19H,3-4,13H2,1-2,5-7H3/t18-,19+/m1/s1. The van der Waals surface area contributed by atoms with Crippen LogP contribution < -0.4 is 0 Å². The lowest BCUT2D eigenvalue weighted by Crippen LogP contribution is -2.44. The summed E-state index contributed by atoms with van der Waals surface area (Å²) in [6, 6.07) is 10.1. The summed E-state index contributed by atoms with van der Waals surface area (Å²) in [6.45, 7) is 19.0. The normalized spacial score (nSPS) is 21.2. The predicted molar refractivity (Wildman–Crippen MR) is 99.7 cm³/mol. The molecule has 0 saturated carbocycles. The summed E-state index contributed by atoms with van der Waals surface area (Å²) in [5.41, 5.74) is 2.63. The van der Waals surface area contributed by atoms with Gasteiger partial charge in [0.1, 0.15) is 5.60 Å². The molecule has 1 saturated heterocycles. The molecular weight excluding hydrogens is 298 g/mol. The maximum Gasteiger partial charge on any atom is 0.410 e. The molecule has 1 amide bonds. The number of rotatable bonds is 3. The smallest absolute Gasteiger partial charge is 0.410 e. The summed E-state index contributed by atoms with van der Waals surface area (Å²) in [5, 5.41) is 0. The minimum absolute atomic E-state index is 0.0139. The minimum Gasteiger partial charge on any atom is -0.444 e. The van der Waals surface area contributed by atoms with Crippen molar-refractivity contribution in [2.45, 2.75) is 46.3 Å². The maximum absolute atomic E-state index is 12.7. The molecule has 3 nitrogen and oxygen atoms in total. The molecule has 130 valence electrons. The van der Waals surface area contributed by atoms with Crippen LogP contribution in [0.5, 0.6) is 0 Å². The van der Waals surface area contributed by atoms with Gasteiger partial charge in [0.05, 0.1) is 0 Å². The molecule has 2 atom stereocenters. The zero-order valence-electron chi connectivity index (χ0n) is 15.5. The Labute approximate surface area is 146 Å². The molecule has 1 aromatic rings. The highest BCUT2D eigenvalue weighted by molar-refractivity contribution is 5.75. The molecule has 0 radical (unpaired) electrons. The fourth-order valence-corrected chi connectivity index (χ4v) is 3.38. The van der Waals surface area contributed by atoms with Gasteiger partial charge in [0.2, 0.25) is 0 Å². The number of carbonyl (C=O) groups is 1. The summed E-state index contributed by atoms with van der Waals surface area (Å²) in [5.74, 6) is 0.335. The van der Waals surface area contributed by atoms with E-state index in [-0.39, 0.29) is 24.0 Å². The van der Waals surface area contributed by atoms with Crippen LogP contribution in [0, 0.1) is 11.8 Å². The van der Waals surface area contributed by atoms with Crippen molar-refractivity contribution in [3.8, 4) is 0 Å². The van der Waals surface area contributed by atoms with Crippen LogP contribution in [0.4, 0.5) is 4.79 Å². The Morgan fingerprint density at radius 2 is 1.83 bits per heavy atom. The molecule has 1 aromatic carbocycles. The number of hydrogen-bond donors (Lipinski definition) is 0. The van der Waals surface area contributed by atoms with Crippen molar-refractivity contribution in [3.05, 3.63) is 54.6 Å². The molecule has 0 unspecified atom stereocenters. The SMILES string of the molecule is C=C1CN(C(=O)OC(C)(C)C)[C@@H](C(C)C)[C@H]1C(=C)c1ccccc1. The molecule has 0 bridgehead atoms. The number of benzene rings is 1.